The summed E-state index contributed by atoms with van der Waals surface area (Å²) in [7, 11) is 0. The molecule has 7 heteroatoms. The zero-order chi connectivity index (χ0) is 20.2. The number of fused-ring (bicyclic) bond motifs is 1. The van der Waals surface area contributed by atoms with Gasteiger partial charge in [0.1, 0.15) is 5.82 Å². The molecule has 0 radical (unpaired) electrons. The molecule has 2 N–H and O–H groups in total. The largest absolute Gasteiger partial charge is 0.454 e. The van der Waals surface area contributed by atoms with E-state index in [4.69, 9.17) is 9.47 Å². The van der Waals surface area contributed by atoms with Crippen molar-refractivity contribution >= 4 is 17.5 Å². The number of anilines is 1. The van der Waals surface area contributed by atoms with Crippen molar-refractivity contribution in [3.8, 4) is 11.5 Å². The number of rotatable bonds is 5. The maximum atomic E-state index is 13.7. The van der Waals surface area contributed by atoms with Gasteiger partial charge < -0.3 is 20.1 Å². The van der Waals surface area contributed by atoms with E-state index in [0.717, 1.165) is 5.56 Å². The van der Waals surface area contributed by atoms with E-state index >= 15 is 0 Å². The van der Waals surface area contributed by atoms with Gasteiger partial charge in [0.25, 0.3) is 11.8 Å². The molecule has 0 spiro atoms. The van der Waals surface area contributed by atoms with Crippen LogP contribution in [-0.2, 0) is 6.54 Å². The zero-order valence-electron chi connectivity index (χ0n) is 15.3. The van der Waals surface area contributed by atoms with Crippen molar-refractivity contribution in [2.24, 2.45) is 0 Å². The van der Waals surface area contributed by atoms with Crippen molar-refractivity contribution in [2.75, 3.05) is 12.1 Å². The highest BCUT2D eigenvalue weighted by atomic mass is 19.1. The van der Waals surface area contributed by atoms with Gasteiger partial charge in [-0.2, -0.15) is 0 Å². The second-order valence-electron chi connectivity index (χ2n) is 6.38. The second-order valence-corrected chi connectivity index (χ2v) is 6.38. The number of halogens is 1. The average Bonchev–Trinajstić information content (AvgIpc) is 3.21. The lowest BCUT2D eigenvalue weighted by atomic mass is 10.1. The van der Waals surface area contributed by atoms with E-state index < -0.39 is 11.7 Å². The van der Waals surface area contributed by atoms with Crippen molar-refractivity contribution in [1.82, 2.24) is 5.32 Å². The van der Waals surface area contributed by atoms with Gasteiger partial charge in [-0.25, -0.2) is 4.39 Å². The average molecular weight is 392 g/mol. The molecule has 2 amide bonds. The first-order valence-electron chi connectivity index (χ1n) is 8.93. The molecule has 0 aromatic heterocycles. The molecule has 3 aromatic carbocycles. The summed E-state index contributed by atoms with van der Waals surface area (Å²) in [5.41, 5.74) is 1.71. The number of benzene rings is 3. The van der Waals surface area contributed by atoms with Crippen LogP contribution in [0.4, 0.5) is 10.1 Å². The summed E-state index contributed by atoms with van der Waals surface area (Å²) >= 11 is 0. The van der Waals surface area contributed by atoms with Crippen LogP contribution in [0.1, 0.15) is 26.3 Å². The third-order valence-electron chi connectivity index (χ3n) is 4.42. The predicted octanol–water partition coefficient (Wildman–Crippen LogP) is 3.74. The van der Waals surface area contributed by atoms with Crippen LogP contribution in [0.25, 0.3) is 0 Å². The molecule has 0 saturated heterocycles. The molecule has 4 rings (SSSR count). The summed E-state index contributed by atoms with van der Waals surface area (Å²) in [4.78, 5) is 24.6. The Morgan fingerprint density at radius 1 is 0.862 bits per heavy atom. The number of nitrogens with one attached hydrogen (secondary N) is 2. The third kappa shape index (κ3) is 4.19. The summed E-state index contributed by atoms with van der Waals surface area (Å²) < 4.78 is 24.2. The van der Waals surface area contributed by atoms with E-state index in [1.807, 2.05) is 12.1 Å². The summed E-state index contributed by atoms with van der Waals surface area (Å²) in [5, 5.41) is 5.32. The fourth-order valence-electron chi connectivity index (χ4n) is 2.87. The Kier molecular flexibility index (Phi) is 5.11. The number of ether oxygens (including phenoxy) is 2. The molecule has 0 unspecified atom stereocenters. The normalized spacial score (nSPS) is 11.8. The molecule has 1 aliphatic rings. The van der Waals surface area contributed by atoms with Gasteiger partial charge in [0.2, 0.25) is 6.79 Å². The highest BCUT2D eigenvalue weighted by Crippen LogP contribution is 2.32. The first-order valence-corrected chi connectivity index (χ1v) is 8.93. The zero-order valence-corrected chi connectivity index (χ0v) is 15.3. The van der Waals surface area contributed by atoms with Crippen molar-refractivity contribution < 1.29 is 23.5 Å². The van der Waals surface area contributed by atoms with Crippen LogP contribution in [0.3, 0.4) is 0 Å². The third-order valence-corrected chi connectivity index (χ3v) is 4.42. The number of carbonyl (C=O) groups is 2. The number of amides is 2. The summed E-state index contributed by atoms with van der Waals surface area (Å²) in [6.45, 7) is 0.521. The van der Waals surface area contributed by atoms with Gasteiger partial charge in [-0.3, -0.25) is 9.59 Å². The molecule has 0 aliphatic carbocycles. The lowest BCUT2D eigenvalue weighted by Gasteiger charge is -2.08. The first-order chi connectivity index (χ1) is 14.1. The van der Waals surface area contributed by atoms with Crippen LogP contribution in [0, 0.1) is 5.82 Å². The van der Waals surface area contributed by atoms with Gasteiger partial charge in [0.05, 0.1) is 5.69 Å². The molecule has 1 aliphatic heterocycles. The second kappa shape index (κ2) is 8.02. The molecule has 146 valence electrons. The minimum Gasteiger partial charge on any atom is -0.454 e. The Morgan fingerprint density at radius 3 is 2.31 bits per heavy atom. The van der Waals surface area contributed by atoms with Crippen LogP contribution < -0.4 is 20.1 Å². The van der Waals surface area contributed by atoms with E-state index in [1.54, 1.807) is 30.3 Å². The van der Waals surface area contributed by atoms with Crippen molar-refractivity contribution in [1.29, 1.82) is 0 Å². The maximum absolute atomic E-state index is 13.7. The van der Waals surface area contributed by atoms with Crippen LogP contribution in [-0.4, -0.2) is 18.6 Å². The van der Waals surface area contributed by atoms with Gasteiger partial charge in [0, 0.05) is 17.7 Å². The van der Waals surface area contributed by atoms with Crippen molar-refractivity contribution in [2.45, 2.75) is 6.54 Å². The Labute approximate surface area is 166 Å². The SMILES string of the molecule is O=C(NCc1ccc2c(c1)OCO2)c1ccc(C(=O)Nc2ccccc2F)cc1. The monoisotopic (exact) mass is 392 g/mol. The smallest absolute Gasteiger partial charge is 0.255 e. The Bertz CT molecular complexity index is 1070. The molecular formula is C22H17FN2O4. The van der Waals surface area contributed by atoms with Gasteiger partial charge >= 0.3 is 0 Å². The predicted molar refractivity (Wildman–Crippen MR) is 105 cm³/mol. The fraction of sp³-hybridized carbons (Fsp3) is 0.0909. The highest BCUT2D eigenvalue weighted by Gasteiger charge is 2.14. The molecule has 3 aromatic rings. The molecule has 29 heavy (non-hydrogen) atoms. The van der Waals surface area contributed by atoms with Crippen LogP contribution in [0.5, 0.6) is 11.5 Å². The Balaban J connectivity index is 1.36. The summed E-state index contributed by atoms with van der Waals surface area (Å²) in [5.74, 6) is 0.0952. The van der Waals surface area contributed by atoms with Crippen molar-refractivity contribution in [3.63, 3.8) is 0 Å². The number of hydrogen-bond acceptors (Lipinski definition) is 4. The number of carbonyl (C=O) groups excluding carboxylic acids is 2. The highest BCUT2D eigenvalue weighted by molar-refractivity contribution is 6.05. The Morgan fingerprint density at radius 2 is 1.55 bits per heavy atom. The quantitative estimate of drug-likeness (QED) is 0.694. The molecule has 0 atom stereocenters. The Hall–Kier alpha value is -3.87. The number of para-hydroxylation sites is 1. The molecule has 0 fully saturated rings. The topological polar surface area (TPSA) is 76.7 Å². The van der Waals surface area contributed by atoms with E-state index in [-0.39, 0.29) is 18.4 Å². The first kappa shape index (κ1) is 18.5. The number of hydrogen-bond donors (Lipinski definition) is 2. The fourth-order valence-corrected chi connectivity index (χ4v) is 2.87. The van der Waals surface area contributed by atoms with Gasteiger partial charge in [0.15, 0.2) is 11.5 Å². The lowest BCUT2D eigenvalue weighted by molar-refractivity contribution is 0.0949. The summed E-state index contributed by atoms with van der Waals surface area (Å²) in [6.07, 6.45) is 0. The lowest BCUT2D eigenvalue weighted by Crippen LogP contribution is -2.23. The van der Waals surface area contributed by atoms with E-state index in [9.17, 15) is 14.0 Å². The van der Waals surface area contributed by atoms with Crippen LogP contribution >= 0.6 is 0 Å². The maximum Gasteiger partial charge on any atom is 0.255 e. The molecule has 0 saturated carbocycles. The summed E-state index contributed by atoms with van der Waals surface area (Å²) in [6, 6.07) is 17.5. The van der Waals surface area contributed by atoms with Crippen LogP contribution in [0.2, 0.25) is 0 Å². The minimum atomic E-state index is -0.514. The van der Waals surface area contributed by atoms with Crippen LogP contribution in [0.15, 0.2) is 66.7 Å². The van der Waals surface area contributed by atoms with Gasteiger partial charge in [-0.15, -0.1) is 0 Å². The molecule has 1 heterocycles. The van der Waals surface area contributed by atoms with E-state index in [1.165, 1.54) is 24.3 Å². The van der Waals surface area contributed by atoms with E-state index in [0.29, 0.717) is 29.2 Å². The van der Waals surface area contributed by atoms with Gasteiger partial charge in [-0.1, -0.05) is 18.2 Å². The molecule has 6 nitrogen and oxygen atoms in total. The van der Waals surface area contributed by atoms with Crippen molar-refractivity contribution in [3.05, 3.63) is 89.2 Å². The molecular weight excluding hydrogens is 375 g/mol. The van der Waals surface area contributed by atoms with E-state index in [2.05, 4.69) is 10.6 Å². The standard InChI is InChI=1S/C22H17FN2O4/c23-17-3-1-2-4-18(17)25-22(27)16-8-6-15(7-9-16)21(26)24-12-14-5-10-19-20(11-14)29-13-28-19/h1-11H,12-13H2,(H,24,26)(H,25,27). The van der Waals surface area contributed by atoms with Gasteiger partial charge in [-0.05, 0) is 54.1 Å². The minimum absolute atomic E-state index is 0.100. The molecule has 0 bridgehead atoms.